The van der Waals surface area contributed by atoms with E-state index in [2.05, 4.69) is 10.3 Å². The van der Waals surface area contributed by atoms with Crippen LogP contribution in [0.2, 0.25) is 0 Å². The molecule has 0 fully saturated rings. The number of ether oxygens (including phenoxy) is 2. The minimum atomic E-state index is -4.37. The molecular formula is C18H13F3N2O3S. The van der Waals surface area contributed by atoms with Gasteiger partial charge in [0.2, 0.25) is 6.79 Å². The number of aliphatic imine (C=N–C) groups is 1. The highest BCUT2D eigenvalue weighted by molar-refractivity contribution is 8.03. The summed E-state index contributed by atoms with van der Waals surface area (Å²) in [6.07, 6.45) is -4.37. The summed E-state index contributed by atoms with van der Waals surface area (Å²) in [4.78, 5) is 4.33. The molecular weight excluding hydrogens is 381 g/mol. The second-order valence-corrected chi connectivity index (χ2v) is 7.05. The van der Waals surface area contributed by atoms with Crippen LogP contribution in [0.25, 0.3) is 5.70 Å². The molecule has 0 aliphatic carbocycles. The van der Waals surface area contributed by atoms with Gasteiger partial charge in [-0.2, -0.15) is 13.2 Å². The molecule has 1 N–H and O–H groups in total. The zero-order valence-corrected chi connectivity index (χ0v) is 14.6. The zero-order chi connectivity index (χ0) is 19.0. The van der Waals surface area contributed by atoms with Crippen LogP contribution in [0, 0.1) is 0 Å². The summed E-state index contributed by atoms with van der Waals surface area (Å²) < 4.78 is 60.6. The van der Waals surface area contributed by atoms with E-state index in [-0.39, 0.29) is 18.5 Å². The molecule has 9 heteroatoms. The Morgan fingerprint density at radius 3 is 2.56 bits per heavy atom. The summed E-state index contributed by atoms with van der Waals surface area (Å²) in [7, 11) is -1.46. The van der Waals surface area contributed by atoms with Crippen LogP contribution in [0.15, 0.2) is 52.9 Å². The van der Waals surface area contributed by atoms with E-state index in [0.29, 0.717) is 22.8 Å². The van der Waals surface area contributed by atoms with Crippen molar-refractivity contribution < 1.29 is 26.9 Å². The minimum Gasteiger partial charge on any atom is -0.454 e. The Bertz CT molecular complexity index is 969. The van der Waals surface area contributed by atoms with Gasteiger partial charge >= 0.3 is 6.18 Å². The number of fused-ring (bicyclic) bond motifs is 1. The van der Waals surface area contributed by atoms with Gasteiger partial charge < -0.3 is 14.8 Å². The van der Waals surface area contributed by atoms with Gasteiger partial charge in [0.25, 0.3) is 0 Å². The fourth-order valence-electron chi connectivity index (χ4n) is 2.63. The largest absolute Gasteiger partial charge is 0.454 e. The van der Waals surface area contributed by atoms with Crippen molar-refractivity contribution in [3.63, 3.8) is 0 Å². The van der Waals surface area contributed by atoms with E-state index in [1.54, 1.807) is 18.2 Å². The fourth-order valence-corrected chi connectivity index (χ4v) is 3.53. The van der Waals surface area contributed by atoms with Gasteiger partial charge in [0, 0.05) is 17.5 Å². The maximum Gasteiger partial charge on any atom is 0.416 e. The number of hydrogen-bond acceptors (Lipinski definition) is 5. The zero-order valence-electron chi connectivity index (χ0n) is 13.7. The molecule has 4 rings (SSSR count). The van der Waals surface area contributed by atoms with Crippen LogP contribution in [0.4, 0.5) is 13.2 Å². The van der Waals surface area contributed by atoms with E-state index < -0.39 is 22.5 Å². The van der Waals surface area contributed by atoms with E-state index in [4.69, 9.17) is 9.47 Å². The molecule has 27 heavy (non-hydrogen) atoms. The van der Waals surface area contributed by atoms with Crippen LogP contribution < -0.4 is 14.8 Å². The normalized spacial score (nSPS) is 18.3. The standard InChI is InChI=1S/C18H13F3N2O3S/c19-18(20,21)13-4-1-11(2-5-13)8-22-17-23-14(9-27(17)24)12-3-6-15-16(7-12)26-10-25-15/h1-7,9H,8,10H2,(H,22,23). The van der Waals surface area contributed by atoms with E-state index in [9.17, 15) is 17.4 Å². The highest BCUT2D eigenvalue weighted by Gasteiger charge is 2.30. The first-order valence-electron chi connectivity index (χ1n) is 7.91. The second kappa shape index (κ2) is 6.73. The smallest absolute Gasteiger partial charge is 0.416 e. The molecule has 2 aromatic carbocycles. The van der Waals surface area contributed by atoms with Gasteiger partial charge in [-0.3, -0.25) is 0 Å². The van der Waals surface area contributed by atoms with Crippen LogP contribution in [-0.2, 0) is 23.5 Å². The van der Waals surface area contributed by atoms with Crippen molar-refractivity contribution in [1.29, 1.82) is 0 Å². The van der Waals surface area contributed by atoms with Gasteiger partial charge in [-0.05, 0) is 35.9 Å². The molecule has 0 saturated carbocycles. The lowest BCUT2D eigenvalue weighted by atomic mass is 10.1. The highest BCUT2D eigenvalue weighted by Crippen LogP contribution is 2.35. The minimum absolute atomic E-state index is 0.160. The van der Waals surface area contributed by atoms with Crippen LogP contribution in [0.3, 0.4) is 0 Å². The number of alkyl halides is 3. The van der Waals surface area contributed by atoms with Crippen LogP contribution in [0.1, 0.15) is 16.7 Å². The van der Waals surface area contributed by atoms with Gasteiger partial charge in [-0.1, -0.05) is 12.1 Å². The molecule has 0 bridgehead atoms. The maximum atomic E-state index is 12.6. The monoisotopic (exact) mass is 394 g/mol. The molecule has 1 unspecified atom stereocenters. The third-order valence-electron chi connectivity index (χ3n) is 4.02. The van der Waals surface area contributed by atoms with Crippen LogP contribution >= 0.6 is 0 Å². The average Bonchev–Trinajstić information content (AvgIpc) is 3.25. The molecule has 2 aromatic rings. The maximum absolute atomic E-state index is 12.6. The van der Waals surface area contributed by atoms with Crippen molar-refractivity contribution in [3.8, 4) is 11.5 Å². The highest BCUT2D eigenvalue weighted by atomic mass is 32.2. The number of nitrogens with zero attached hydrogens (tertiary/aromatic N) is 1. The van der Waals surface area contributed by atoms with E-state index in [1.807, 2.05) is 0 Å². The van der Waals surface area contributed by atoms with Gasteiger partial charge in [0.15, 0.2) is 16.7 Å². The van der Waals surface area contributed by atoms with E-state index >= 15 is 0 Å². The van der Waals surface area contributed by atoms with E-state index in [1.165, 1.54) is 17.5 Å². The van der Waals surface area contributed by atoms with E-state index in [0.717, 1.165) is 17.7 Å². The number of hydrogen-bond donors (Lipinski definition) is 1. The fraction of sp³-hybridized carbons (Fsp3) is 0.167. The van der Waals surface area contributed by atoms with Gasteiger partial charge in [0.05, 0.1) is 11.3 Å². The molecule has 0 spiro atoms. The predicted molar refractivity (Wildman–Crippen MR) is 94.4 cm³/mol. The SMILES string of the molecule is O=S1C=C(c2ccc3c(c2)OCO3)N=C1NCc1ccc(C(F)(F)F)cc1. The second-order valence-electron chi connectivity index (χ2n) is 5.83. The van der Waals surface area contributed by atoms with Crippen molar-refractivity contribution in [2.75, 3.05) is 6.79 Å². The lowest BCUT2D eigenvalue weighted by Gasteiger charge is -2.08. The van der Waals surface area contributed by atoms with Crippen molar-refractivity contribution >= 4 is 21.7 Å². The molecule has 2 aliphatic heterocycles. The molecule has 0 radical (unpaired) electrons. The molecule has 140 valence electrons. The molecule has 0 aromatic heterocycles. The molecule has 5 nitrogen and oxygen atoms in total. The topological polar surface area (TPSA) is 59.9 Å². The molecule has 2 aliphatic rings. The summed E-state index contributed by atoms with van der Waals surface area (Å²) in [6.45, 7) is 0.373. The molecule has 2 heterocycles. The molecule has 0 saturated heterocycles. The quantitative estimate of drug-likeness (QED) is 0.864. The van der Waals surface area contributed by atoms with Crippen LogP contribution in [-0.4, -0.2) is 16.2 Å². The number of rotatable bonds is 3. The van der Waals surface area contributed by atoms with Gasteiger partial charge in [-0.15, -0.1) is 0 Å². The Morgan fingerprint density at radius 2 is 1.81 bits per heavy atom. The van der Waals surface area contributed by atoms with Crippen LogP contribution in [0.5, 0.6) is 11.5 Å². The Hall–Kier alpha value is -2.81. The van der Waals surface area contributed by atoms with Crippen molar-refractivity contribution in [1.82, 2.24) is 5.32 Å². The Labute approximate surface area is 155 Å². The lowest BCUT2D eigenvalue weighted by molar-refractivity contribution is -0.137. The number of amidine groups is 1. The van der Waals surface area contributed by atoms with Gasteiger partial charge in [0.1, 0.15) is 10.8 Å². The van der Waals surface area contributed by atoms with Crippen molar-refractivity contribution in [2.24, 2.45) is 4.99 Å². The summed E-state index contributed by atoms with van der Waals surface area (Å²) in [5.74, 6) is 1.24. The third-order valence-corrected chi connectivity index (χ3v) is 5.08. The Kier molecular flexibility index (Phi) is 4.39. The molecule has 1 atom stereocenters. The Morgan fingerprint density at radius 1 is 1.07 bits per heavy atom. The van der Waals surface area contributed by atoms with Crippen molar-refractivity contribution in [3.05, 3.63) is 64.6 Å². The summed E-state index contributed by atoms with van der Waals surface area (Å²) in [5, 5.41) is 4.68. The van der Waals surface area contributed by atoms with Crippen molar-refractivity contribution in [2.45, 2.75) is 12.7 Å². The summed E-state index contributed by atoms with van der Waals surface area (Å²) in [6, 6.07) is 10.1. The summed E-state index contributed by atoms with van der Waals surface area (Å²) >= 11 is 0. The predicted octanol–water partition coefficient (Wildman–Crippen LogP) is 3.64. The molecule has 0 amide bonds. The first-order chi connectivity index (χ1) is 12.9. The number of nitrogens with one attached hydrogen (secondary N) is 1. The third kappa shape index (κ3) is 3.68. The van der Waals surface area contributed by atoms with Gasteiger partial charge in [-0.25, -0.2) is 9.20 Å². The summed E-state index contributed by atoms with van der Waals surface area (Å²) in [5.41, 5.74) is 1.18. The lowest BCUT2D eigenvalue weighted by Crippen LogP contribution is -2.24. The number of benzene rings is 2. The first kappa shape index (κ1) is 17.6. The number of halogens is 3. The first-order valence-corrected chi connectivity index (χ1v) is 9.12. The average molecular weight is 394 g/mol. The Balaban J connectivity index is 1.44.